The number of para-hydroxylation sites is 2. The van der Waals surface area contributed by atoms with E-state index in [9.17, 15) is 0 Å². The van der Waals surface area contributed by atoms with Gasteiger partial charge in [-0.1, -0.05) is 12.1 Å². The molecule has 4 heteroatoms. The molecular weight excluding hydrogens is 290 g/mol. The van der Waals surface area contributed by atoms with Gasteiger partial charge in [0.25, 0.3) is 0 Å². The summed E-state index contributed by atoms with van der Waals surface area (Å²) in [6, 6.07) is 15.8. The molecule has 0 aliphatic carbocycles. The second kappa shape index (κ2) is 3.60. The van der Waals surface area contributed by atoms with Crippen LogP contribution < -0.4 is 19.1 Å². The van der Waals surface area contributed by atoms with Gasteiger partial charge in [-0.05, 0) is 48.9 Å². The van der Waals surface area contributed by atoms with Crippen LogP contribution in [0.1, 0.15) is 5.56 Å². The normalized spacial score (nSPS) is 14.4. The van der Waals surface area contributed by atoms with E-state index >= 15 is 0 Å². The Bertz CT molecular complexity index is 949. The van der Waals surface area contributed by atoms with E-state index in [2.05, 4.69) is 4.90 Å². The summed E-state index contributed by atoms with van der Waals surface area (Å²) in [7, 11) is 0. The molecule has 0 spiro atoms. The third-order valence-corrected chi connectivity index (χ3v) is 4.44. The minimum atomic E-state index is 0.797. The maximum atomic E-state index is 6.13. The molecule has 4 nitrogen and oxygen atoms in total. The van der Waals surface area contributed by atoms with Gasteiger partial charge in [0.2, 0.25) is 0 Å². The van der Waals surface area contributed by atoms with Crippen molar-refractivity contribution < 1.29 is 14.2 Å². The number of aryl methyl sites for hydroxylation is 1. The van der Waals surface area contributed by atoms with E-state index < -0.39 is 0 Å². The molecule has 0 amide bonds. The van der Waals surface area contributed by atoms with Gasteiger partial charge in [0, 0.05) is 0 Å². The highest BCUT2D eigenvalue weighted by molar-refractivity contribution is 5.99. The van der Waals surface area contributed by atoms with Gasteiger partial charge in [-0.2, -0.15) is 0 Å². The lowest BCUT2D eigenvalue weighted by Crippen LogP contribution is -2.23. The van der Waals surface area contributed by atoms with Crippen molar-refractivity contribution in [1.82, 2.24) is 0 Å². The quantitative estimate of drug-likeness (QED) is 0.356. The zero-order valence-electron chi connectivity index (χ0n) is 12.3. The Morgan fingerprint density at radius 1 is 0.609 bits per heavy atom. The molecule has 0 atom stereocenters. The molecule has 110 valence electrons. The van der Waals surface area contributed by atoms with Crippen LogP contribution in [0.3, 0.4) is 0 Å². The van der Waals surface area contributed by atoms with Gasteiger partial charge in [-0.25, -0.2) is 0 Å². The SMILES string of the molecule is Cc1cc2c3c(c1)Oc1cccc4c1N3c1c(cccc1O2)O4. The first kappa shape index (κ1) is 11.4. The third-order valence-electron chi connectivity index (χ3n) is 4.44. The van der Waals surface area contributed by atoms with Gasteiger partial charge >= 0.3 is 0 Å². The van der Waals surface area contributed by atoms with Crippen LogP contribution in [0.15, 0.2) is 48.5 Å². The van der Waals surface area contributed by atoms with Crippen molar-refractivity contribution in [3.05, 3.63) is 54.1 Å². The molecule has 3 aromatic carbocycles. The van der Waals surface area contributed by atoms with E-state index in [1.54, 1.807) is 0 Å². The summed E-state index contributed by atoms with van der Waals surface area (Å²) in [5.41, 5.74) is 3.92. The summed E-state index contributed by atoms with van der Waals surface area (Å²) in [5.74, 6) is 4.82. The molecule has 0 saturated carbocycles. The van der Waals surface area contributed by atoms with Crippen molar-refractivity contribution in [3.63, 3.8) is 0 Å². The molecule has 0 N–H and O–H groups in total. The second-order valence-corrected chi connectivity index (χ2v) is 5.96. The molecule has 3 aliphatic rings. The number of benzene rings is 3. The predicted octanol–water partition coefficient (Wildman–Crippen LogP) is 5.78. The minimum absolute atomic E-state index is 0.797. The van der Waals surface area contributed by atoms with Crippen LogP contribution in [0, 0.1) is 6.92 Å². The van der Waals surface area contributed by atoms with Crippen molar-refractivity contribution in [2.45, 2.75) is 6.92 Å². The van der Waals surface area contributed by atoms with Gasteiger partial charge in [0.1, 0.15) is 17.1 Å². The maximum absolute atomic E-state index is 6.13. The summed E-state index contributed by atoms with van der Waals surface area (Å²) in [6.07, 6.45) is 0. The van der Waals surface area contributed by atoms with Gasteiger partial charge in [0.05, 0.1) is 0 Å². The maximum Gasteiger partial charge on any atom is 0.155 e. The molecule has 3 heterocycles. The number of nitrogens with zero attached hydrogens (tertiary/aromatic N) is 1. The Balaban J connectivity index is 1.79. The summed E-state index contributed by atoms with van der Waals surface area (Å²) in [4.78, 5) is 2.20. The van der Waals surface area contributed by atoms with E-state index in [1.807, 2.05) is 55.5 Å². The number of anilines is 3. The number of hydrogen-bond acceptors (Lipinski definition) is 4. The zero-order valence-corrected chi connectivity index (χ0v) is 12.3. The topological polar surface area (TPSA) is 30.9 Å². The molecule has 23 heavy (non-hydrogen) atoms. The Labute approximate surface area is 132 Å². The second-order valence-electron chi connectivity index (χ2n) is 5.96. The molecular formula is C19H11NO3. The fraction of sp³-hybridized carbons (Fsp3) is 0.0526. The standard InChI is InChI=1S/C19H11NO3/c1-10-8-15-19-16(9-10)23-14-7-3-5-12-18(14)20(19)17-11(21-12)4-2-6-13(17)22-15/h2-9H,1H3. The molecule has 0 aromatic heterocycles. The van der Waals surface area contributed by atoms with Gasteiger partial charge in [0.15, 0.2) is 34.5 Å². The average molecular weight is 301 g/mol. The monoisotopic (exact) mass is 301 g/mol. The number of ether oxygens (including phenoxy) is 3. The van der Waals surface area contributed by atoms with E-state index in [4.69, 9.17) is 14.2 Å². The van der Waals surface area contributed by atoms with Gasteiger partial charge < -0.3 is 14.2 Å². The van der Waals surface area contributed by atoms with Crippen LogP contribution in [0.5, 0.6) is 34.5 Å². The van der Waals surface area contributed by atoms with E-state index in [-0.39, 0.29) is 0 Å². The van der Waals surface area contributed by atoms with Crippen LogP contribution >= 0.6 is 0 Å². The number of hydrogen-bond donors (Lipinski definition) is 0. The lowest BCUT2D eigenvalue weighted by molar-refractivity contribution is 0.417. The van der Waals surface area contributed by atoms with Crippen LogP contribution in [0.25, 0.3) is 0 Å². The zero-order chi connectivity index (χ0) is 15.1. The third kappa shape index (κ3) is 1.27. The molecule has 0 bridgehead atoms. The Morgan fingerprint density at radius 2 is 1.00 bits per heavy atom. The van der Waals surface area contributed by atoms with Crippen LogP contribution in [-0.2, 0) is 0 Å². The van der Waals surface area contributed by atoms with Crippen molar-refractivity contribution in [2.75, 3.05) is 4.90 Å². The Kier molecular flexibility index (Phi) is 1.79. The van der Waals surface area contributed by atoms with E-state index in [0.717, 1.165) is 57.1 Å². The first-order chi connectivity index (χ1) is 11.3. The summed E-state index contributed by atoms with van der Waals surface area (Å²) < 4.78 is 18.3. The van der Waals surface area contributed by atoms with E-state index in [1.165, 1.54) is 0 Å². The highest BCUT2D eigenvalue weighted by atomic mass is 16.5. The molecule has 6 rings (SSSR count). The fourth-order valence-electron chi connectivity index (χ4n) is 3.55. The molecule has 0 unspecified atom stereocenters. The molecule has 0 radical (unpaired) electrons. The highest BCUT2D eigenvalue weighted by Gasteiger charge is 2.41. The summed E-state index contributed by atoms with van der Waals surface area (Å²) >= 11 is 0. The van der Waals surface area contributed by atoms with Crippen LogP contribution in [0.2, 0.25) is 0 Å². The smallest absolute Gasteiger partial charge is 0.155 e. The average Bonchev–Trinajstić information content (AvgIpc) is 2.54. The Hall–Kier alpha value is -3.14. The summed E-state index contributed by atoms with van der Waals surface area (Å²) in [6.45, 7) is 2.04. The summed E-state index contributed by atoms with van der Waals surface area (Å²) in [5, 5.41) is 0. The number of rotatable bonds is 0. The lowest BCUT2D eigenvalue weighted by Gasteiger charge is -2.41. The fourth-order valence-corrected chi connectivity index (χ4v) is 3.55. The first-order valence-electron chi connectivity index (χ1n) is 7.54. The van der Waals surface area contributed by atoms with E-state index in [0.29, 0.717) is 0 Å². The highest BCUT2D eigenvalue weighted by Crippen LogP contribution is 2.66. The first-order valence-corrected chi connectivity index (χ1v) is 7.54. The van der Waals surface area contributed by atoms with Crippen LogP contribution in [-0.4, -0.2) is 0 Å². The minimum Gasteiger partial charge on any atom is -0.453 e. The largest absolute Gasteiger partial charge is 0.453 e. The predicted molar refractivity (Wildman–Crippen MR) is 86.1 cm³/mol. The molecule has 3 aliphatic heterocycles. The van der Waals surface area contributed by atoms with Gasteiger partial charge in [-0.15, -0.1) is 0 Å². The van der Waals surface area contributed by atoms with Crippen molar-refractivity contribution in [1.29, 1.82) is 0 Å². The molecule has 3 aromatic rings. The van der Waals surface area contributed by atoms with Gasteiger partial charge in [-0.3, -0.25) is 4.90 Å². The molecule has 0 fully saturated rings. The molecule has 0 saturated heterocycles. The van der Waals surface area contributed by atoms with Crippen molar-refractivity contribution in [2.24, 2.45) is 0 Å². The Morgan fingerprint density at radius 3 is 1.48 bits per heavy atom. The van der Waals surface area contributed by atoms with Crippen molar-refractivity contribution in [3.8, 4) is 34.5 Å². The van der Waals surface area contributed by atoms with Crippen molar-refractivity contribution >= 4 is 17.1 Å². The van der Waals surface area contributed by atoms with Crippen LogP contribution in [0.4, 0.5) is 17.1 Å². The lowest BCUT2D eigenvalue weighted by atomic mass is 10.0.